The smallest absolute Gasteiger partial charge is 0.433 e. The lowest BCUT2D eigenvalue weighted by Gasteiger charge is -2.07. The molecular formula is C14H16N2O4. The Labute approximate surface area is 116 Å². The standard InChI is InChI=1S/C14H16N2O4/c1-11-3-2-4-12(9-11)19-8-7-15-10-13-5-6-14(20-13)16(17)18/h2-6,9,15H,7-8,10H2,1H3. The monoisotopic (exact) mass is 276 g/mol. The molecule has 0 bridgehead atoms. The number of hydrogen-bond acceptors (Lipinski definition) is 5. The van der Waals surface area contributed by atoms with Crippen molar-refractivity contribution in [3.05, 3.63) is 57.8 Å². The molecule has 1 aromatic carbocycles. The number of nitrogens with one attached hydrogen (secondary N) is 1. The number of furan rings is 1. The Morgan fingerprint density at radius 3 is 2.90 bits per heavy atom. The summed E-state index contributed by atoms with van der Waals surface area (Å²) in [6.45, 7) is 3.59. The fourth-order valence-electron chi connectivity index (χ4n) is 1.72. The van der Waals surface area contributed by atoms with Crippen LogP contribution in [-0.4, -0.2) is 18.1 Å². The number of rotatable bonds is 7. The van der Waals surface area contributed by atoms with Crippen LogP contribution in [0.4, 0.5) is 5.88 Å². The summed E-state index contributed by atoms with van der Waals surface area (Å²) < 4.78 is 10.6. The lowest BCUT2D eigenvalue weighted by atomic mass is 10.2. The molecule has 0 aliphatic rings. The van der Waals surface area contributed by atoms with Gasteiger partial charge in [0.05, 0.1) is 12.6 Å². The van der Waals surface area contributed by atoms with Crippen molar-refractivity contribution in [2.45, 2.75) is 13.5 Å². The van der Waals surface area contributed by atoms with Gasteiger partial charge in [0.15, 0.2) is 0 Å². The maximum absolute atomic E-state index is 10.4. The van der Waals surface area contributed by atoms with Gasteiger partial charge in [0.2, 0.25) is 0 Å². The normalized spacial score (nSPS) is 10.4. The third-order valence-corrected chi connectivity index (χ3v) is 2.66. The number of hydrogen-bond donors (Lipinski definition) is 1. The van der Waals surface area contributed by atoms with Crippen LogP contribution in [0.15, 0.2) is 40.8 Å². The highest BCUT2D eigenvalue weighted by molar-refractivity contribution is 5.27. The van der Waals surface area contributed by atoms with Gasteiger partial charge >= 0.3 is 5.88 Å². The van der Waals surface area contributed by atoms with E-state index in [0.29, 0.717) is 25.5 Å². The maximum atomic E-state index is 10.4. The van der Waals surface area contributed by atoms with Gasteiger partial charge in [-0.15, -0.1) is 0 Å². The lowest BCUT2D eigenvalue weighted by Crippen LogP contribution is -2.20. The van der Waals surface area contributed by atoms with Crippen LogP contribution in [0.2, 0.25) is 0 Å². The summed E-state index contributed by atoms with van der Waals surface area (Å²) in [5.74, 6) is 1.13. The average Bonchev–Trinajstić information content (AvgIpc) is 2.87. The van der Waals surface area contributed by atoms with Gasteiger partial charge in [0.1, 0.15) is 23.0 Å². The number of nitro groups is 1. The van der Waals surface area contributed by atoms with E-state index in [1.165, 1.54) is 6.07 Å². The first kappa shape index (κ1) is 14.1. The molecule has 0 radical (unpaired) electrons. The van der Waals surface area contributed by atoms with Crippen LogP contribution < -0.4 is 10.1 Å². The fourth-order valence-corrected chi connectivity index (χ4v) is 1.72. The molecule has 1 heterocycles. The van der Waals surface area contributed by atoms with Crippen LogP contribution in [-0.2, 0) is 6.54 Å². The summed E-state index contributed by atoms with van der Waals surface area (Å²) in [5.41, 5.74) is 1.15. The zero-order chi connectivity index (χ0) is 14.4. The van der Waals surface area contributed by atoms with E-state index in [0.717, 1.165) is 11.3 Å². The molecule has 0 fully saturated rings. The molecule has 2 rings (SSSR count). The van der Waals surface area contributed by atoms with Crippen LogP contribution in [0.3, 0.4) is 0 Å². The van der Waals surface area contributed by atoms with Gasteiger partial charge in [-0.05, 0) is 30.7 Å². The van der Waals surface area contributed by atoms with Crippen molar-refractivity contribution in [1.82, 2.24) is 5.32 Å². The molecule has 1 aromatic heterocycles. The predicted molar refractivity (Wildman–Crippen MR) is 73.7 cm³/mol. The SMILES string of the molecule is Cc1cccc(OCCNCc2ccc([N+](=O)[O-])o2)c1. The van der Waals surface area contributed by atoms with Crippen LogP contribution in [0, 0.1) is 17.0 Å². The van der Waals surface area contributed by atoms with Crippen LogP contribution in [0.25, 0.3) is 0 Å². The molecule has 0 saturated carbocycles. The Bertz CT molecular complexity index is 580. The fraction of sp³-hybridized carbons (Fsp3) is 0.286. The summed E-state index contributed by atoms with van der Waals surface area (Å²) in [6.07, 6.45) is 0. The van der Waals surface area contributed by atoms with Gasteiger partial charge < -0.3 is 14.5 Å². The first-order chi connectivity index (χ1) is 9.65. The Morgan fingerprint density at radius 1 is 1.35 bits per heavy atom. The van der Waals surface area contributed by atoms with Gasteiger partial charge in [0, 0.05) is 6.54 Å². The highest BCUT2D eigenvalue weighted by Gasteiger charge is 2.10. The molecule has 1 N–H and O–H groups in total. The summed E-state index contributed by atoms with van der Waals surface area (Å²) in [7, 11) is 0. The molecule has 20 heavy (non-hydrogen) atoms. The predicted octanol–water partition coefficient (Wildman–Crippen LogP) is 2.66. The lowest BCUT2D eigenvalue weighted by molar-refractivity contribution is -0.402. The summed E-state index contributed by atoms with van der Waals surface area (Å²) in [6, 6.07) is 10.8. The highest BCUT2D eigenvalue weighted by Crippen LogP contribution is 2.15. The van der Waals surface area contributed by atoms with Gasteiger partial charge in [-0.25, -0.2) is 0 Å². The number of benzene rings is 1. The van der Waals surface area contributed by atoms with Crippen LogP contribution >= 0.6 is 0 Å². The molecule has 0 spiro atoms. The Kier molecular flexibility index (Phi) is 4.73. The van der Waals surface area contributed by atoms with Gasteiger partial charge in [0.25, 0.3) is 0 Å². The topological polar surface area (TPSA) is 77.5 Å². The minimum Gasteiger partial charge on any atom is -0.492 e. The van der Waals surface area contributed by atoms with E-state index in [4.69, 9.17) is 9.15 Å². The molecular weight excluding hydrogens is 260 g/mol. The first-order valence-electron chi connectivity index (χ1n) is 6.28. The zero-order valence-corrected chi connectivity index (χ0v) is 11.2. The van der Waals surface area contributed by atoms with Crippen molar-refractivity contribution in [3.8, 4) is 5.75 Å². The van der Waals surface area contributed by atoms with Crippen LogP contribution in [0.5, 0.6) is 5.75 Å². The van der Waals surface area contributed by atoms with Crippen molar-refractivity contribution in [3.63, 3.8) is 0 Å². The second-order valence-corrected chi connectivity index (χ2v) is 4.34. The summed E-state index contributed by atoms with van der Waals surface area (Å²) in [4.78, 5) is 9.90. The van der Waals surface area contributed by atoms with E-state index in [1.807, 2.05) is 31.2 Å². The van der Waals surface area contributed by atoms with E-state index in [2.05, 4.69) is 5.32 Å². The van der Waals surface area contributed by atoms with Crippen molar-refractivity contribution >= 4 is 5.88 Å². The Morgan fingerprint density at radius 2 is 2.20 bits per heavy atom. The summed E-state index contributed by atoms with van der Waals surface area (Å²) >= 11 is 0. The molecule has 0 atom stereocenters. The van der Waals surface area contributed by atoms with Gasteiger partial charge in [-0.1, -0.05) is 12.1 Å². The molecule has 0 saturated heterocycles. The van der Waals surface area contributed by atoms with E-state index < -0.39 is 4.92 Å². The van der Waals surface area contributed by atoms with Crippen molar-refractivity contribution in [2.75, 3.05) is 13.2 Å². The molecule has 6 heteroatoms. The number of ether oxygens (including phenoxy) is 1. The largest absolute Gasteiger partial charge is 0.492 e. The Balaban J connectivity index is 1.67. The minimum absolute atomic E-state index is 0.238. The molecule has 0 amide bonds. The number of aryl methyl sites for hydroxylation is 1. The van der Waals surface area contributed by atoms with E-state index in [9.17, 15) is 10.1 Å². The van der Waals surface area contributed by atoms with Crippen LogP contribution in [0.1, 0.15) is 11.3 Å². The average molecular weight is 276 g/mol. The molecule has 0 aliphatic carbocycles. The first-order valence-corrected chi connectivity index (χ1v) is 6.28. The van der Waals surface area contributed by atoms with Crippen molar-refractivity contribution < 1.29 is 14.1 Å². The molecule has 0 aliphatic heterocycles. The number of nitrogens with zero attached hydrogens (tertiary/aromatic N) is 1. The van der Waals surface area contributed by atoms with E-state index in [-0.39, 0.29) is 5.88 Å². The third kappa shape index (κ3) is 4.10. The van der Waals surface area contributed by atoms with Gasteiger partial charge in [-0.3, -0.25) is 10.1 Å². The second-order valence-electron chi connectivity index (χ2n) is 4.34. The van der Waals surface area contributed by atoms with Crippen molar-refractivity contribution in [2.24, 2.45) is 0 Å². The van der Waals surface area contributed by atoms with Crippen molar-refractivity contribution in [1.29, 1.82) is 0 Å². The van der Waals surface area contributed by atoms with E-state index >= 15 is 0 Å². The molecule has 6 nitrogen and oxygen atoms in total. The third-order valence-electron chi connectivity index (χ3n) is 2.66. The summed E-state index contributed by atoms with van der Waals surface area (Å²) in [5, 5.41) is 13.5. The van der Waals surface area contributed by atoms with E-state index in [1.54, 1.807) is 6.07 Å². The van der Waals surface area contributed by atoms with Gasteiger partial charge in [-0.2, -0.15) is 0 Å². The highest BCUT2D eigenvalue weighted by atomic mass is 16.6. The molecule has 106 valence electrons. The minimum atomic E-state index is -0.551. The zero-order valence-electron chi connectivity index (χ0n) is 11.2. The Hall–Kier alpha value is -2.34. The quantitative estimate of drug-likeness (QED) is 0.478. The molecule has 0 unspecified atom stereocenters. The maximum Gasteiger partial charge on any atom is 0.433 e. The molecule has 2 aromatic rings. The second kappa shape index (κ2) is 6.72.